The van der Waals surface area contributed by atoms with Crippen molar-refractivity contribution in [1.82, 2.24) is 4.98 Å². The molecule has 18 heavy (non-hydrogen) atoms. The van der Waals surface area contributed by atoms with E-state index < -0.39 is 0 Å². The van der Waals surface area contributed by atoms with Gasteiger partial charge in [0.25, 0.3) is 0 Å². The van der Waals surface area contributed by atoms with Gasteiger partial charge in [0.05, 0.1) is 16.3 Å². The first kappa shape index (κ1) is 12.6. The number of ketones is 1. The Balaban J connectivity index is 2.16. The van der Waals surface area contributed by atoms with Crippen molar-refractivity contribution in [3.63, 3.8) is 0 Å². The molecule has 1 heterocycles. The van der Waals surface area contributed by atoms with Crippen molar-refractivity contribution < 1.29 is 9.53 Å². The lowest BCUT2D eigenvalue weighted by atomic mass is 10.1. The van der Waals surface area contributed by atoms with Crippen molar-refractivity contribution in [3.05, 3.63) is 39.8 Å². The molecule has 2 aromatic rings. The van der Waals surface area contributed by atoms with Crippen molar-refractivity contribution in [2.24, 2.45) is 0 Å². The van der Waals surface area contributed by atoms with Crippen LogP contribution in [-0.2, 0) is 6.61 Å². The number of rotatable bonds is 4. The second-order valence-corrected chi connectivity index (χ2v) is 5.02. The molecule has 4 nitrogen and oxygen atoms in total. The van der Waals surface area contributed by atoms with Gasteiger partial charge in [0.2, 0.25) is 0 Å². The Hall–Kier alpha value is -1.88. The SMILES string of the molecule is CC(=O)c1cc(N)ccc1OCc1csc(C)n1. The minimum Gasteiger partial charge on any atom is -0.487 e. The van der Waals surface area contributed by atoms with Crippen LogP contribution in [-0.4, -0.2) is 10.8 Å². The molecule has 0 amide bonds. The Morgan fingerprint density at radius 2 is 2.28 bits per heavy atom. The van der Waals surface area contributed by atoms with E-state index in [0.29, 0.717) is 23.6 Å². The number of ether oxygens (including phenoxy) is 1. The summed E-state index contributed by atoms with van der Waals surface area (Å²) in [6.45, 7) is 3.79. The zero-order valence-electron chi connectivity index (χ0n) is 10.3. The molecule has 2 rings (SSSR count). The van der Waals surface area contributed by atoms with Gasteiger partial charge in [-0.25, -0.2) is 4.98 Å². The fourth-order valence-corrected chi connectivity index (χ4v) is 2.17. The molecule has 0 fully saturated rings. The first-order valence-electron chi connectivity index (χ1n) is 5.50. The van der Waals surface area contributed by atoms with Crippen molar-refractivity contribution in [2.45, 2.75) is 20.5 Å². The molecule has 0 bridgehead atoms. The second kappa shape index (κ2) is 5.18. The highest BCUT2D eigenvalue weighted by Gasteiger charge is 2.09. The van der Waals surface area contributed by atoms with Crippen LogP contribution in [0.1, 0.15) is 28.0 Å². The summed E-state index contributed by atoms with van der Waals surface area (Å²) < 4.78 is 5.62. The van der Waals surface area contributed by atoms with E-state index in [-0.39, 0.29) is 5.78 Å². The maximum atomic E-state index is 11.5. The number of aryl methyl sites for hydroxylation is 1. The molecule has 0 saturated carbocycles. The number of nitrogens with zero attached hydrogens (tertiary/aromatic N) is 1. The number of nitrogen functional groups attached to an aromatic ring is 1. The number of hydrogen-bond acceptors (Lipinski definition) is 5. The van der Waals surface area contributed by atoms with Gasteiger partial charge < -0.3 is 10.5 Å². The highest BCUT2D eigenvalue weighted by atomic mass is 32.1. The third kappa shape index (κ3) is 2.87. The van der Waals surface area contributed by atoms with Crippen LogP contribution < -0.4 is 10.5 Å². The normalized spacial score (nSPS) is 10.3. The molecule has 1 aromatic carbocycles. The van der Waals surface area contributed by atoms with Gasteiger partial charge >= 0.3 is 0 Å². The topological polar surface area (TPSA) is 65.2 Å². The molecular weight excluding hydrogens is 248 g/mol. The van der Waals surface area contributed by atoms with Crippen molar-refractivity contribution in [2.75, 3.05) is 5.73 Å². The molecule has 0 unspecified atom stereocenters. The van der Waals surface area contributed by atoms with Crippen LogP contribution in [0.25, 0.3) is 0 Å². The summed E-state index contributed by atoms with van der Waals surface area (Å²) in [5.41, 5.74) is 7.58. The highest BCUT2D eigenvalue weighted by molar-refractivity contribution is 7.09. The summed E-state index contributed by atoms with van der Waals surface area (Å²) in [4.78, 5) is 15.8. The number of Topliss-reactive ketones (excluding diaryl/α,β-unsaturated/α-hetero) is 1. The lowest BCUT2D eigenvalue weighted by Crippen LogP contribution is -2.03. The zero-order valence-corrected chi connectivity index (χ0v) is 11.1. The fraction of sp³-hybridized carbons (Fsp3) is 0.231. The summed E-state index contributed by atoms with van der Waals surface area (Å²) >= 11 is 1.57. The maximum absolute atomic E-state index is 11.5. The largest absolute Gasteiger partial charge is 0.487 e. The molecule has 1 aromatic heterocycles. The van der Waals surface area contributed by atoms with E-state index in [0.717, 1.165) is 10.7 Å². The van der Waals surface area contributed by atoms with Gasteiger partial charge in [-0.3, -0.25) is 4.79 Å². The average Bonchev–Trinajstić information content (AvgIpc) is 2.73. The van der Waals surface area contributed by atoms with Crippen LogP contribution in [0.15, 0.2) is 23.6 Å². The van der Waals surface area contributed by atoms with Gasteiger partial charge in [0, 0.05) is 11.1 Å². The minimum atomic E-state index is -0.0632. The monoisotopic (exact) mass is 262 g/mol. The summed E-state index contributed by atoms with van der Waals surface area (Å²) in [6, 6.07) is 5.06. The molecule has 0 aliphatic rings. The van der Waals surface area contributed by atoms with E-state index in [4.69, 9.17) is 10.5 Å². The quantitative estimate of drug-likeness (QED) is 0.679. The fourth-order valence-electron chi connectivity index (χ4n) is 1.57. The molecule has 0 spiro atoms. The van der Waals surface area contributed by atoms with Crippen LogP contribution in [0.5, 0.6) is 5.75 Å². The zero-order chi connectivity index (χ0) is 13.1. The minimum absolute atomic E-state index is 0.0632. The van der Waals surface area contributed by atoms with E-state index in [2.05, 4.69) is 4.98 Å². The van der Waals surface area contributed by atoms with Crippen molar-refractivity contribution in [1.29, 1.82) is 0 Å². The first-order valence-corrected chi connectivity index (χ1v) is 6.38. The number of anilines is 1. The van der Waals surface area contributed by atoms with E-state index in [1.807, 2.05) is 12.3 Å². The summed E-state index contributed by atoms with van der Waals surface area (Å²) in [5.74, 6) is 0.481. The lowest BCUT2D eigenvalue weighted by molar-refractivity contribution is 0.101. The van der Waals surface area contributed by atoms with E-state index in [1.54, 1.807) is 29.5 Å². The number of nitrogens with two attached hydrogens (primary N) is 1. The van der Waals surface area contributed by atoms with Crippen LogP contribution in [0.3, 0.4) is 0 Å². The number of thiazole rings is 1. The Kier molecular flexibility index (Phi) is 3.62. The van der Waals surface area contributed by atoms with Gasteiger partial charge in [0.15, 0.2) is 5.78 Å². The molecule has 94 valence electrons. The Morgan fingerprint density at radius 3 is 2.89 bits per heavy atom. The molecule has 2 N–H and O–H groups in total. The number of carbonyl (C=O) groups excluding carboxylic acids is 1. The summed E-state index contributed by atoms with van der Waals surface area (Å²) in [7, 11) is 0. The molecule has 0 atom stereocenters. The number of benzene rings is 1. The summed E-state index contributed by atoms with van der Waals surface area (Å²) in [6.07, 6.45) is 0. The van der Waals surface area contributed by atoms with Crippen molar-refractivity contribution >= 4 is 22.8 Å². The first-order chi connectivity index (χ1) is 8.56. The Bertz CT molecular complexity index is 578. The lowest BCUT2D eigenvalue weighted by Gasteiger charge is -2.09. The van der Waals surface area contributed by atoms with Gasteiger partial charge in [0.1, 0.15) is 12.4 Å². The third-order valence-corrected chi connectivity index (χ3v) is 3.25. The van der Waals surface area contributed by atoms with Crippen LogP contribution in [0, 0.1) is 6.92 Å². The maximum Gasteiger partial charge on any atom is 0.163 e. The van der Waals surface area contributed by atoms with Crippen LogP contribution in [0.4, 0.5) is 5.69 Å². The molecule has 0 saturated heterocycles. The van der Waals surface area contributed by atoms with Gasteiger partial charge in [-0.05, 0) is 32.0 Å². The molecule has 0 aliphatic heterocycles. The Labute approximate surface area is 109 Å². The number of carbonyl (C=O) groups is 1. The van der Waals surface area contributed by atoms with Crippen LogP contribution in [0.2, 0.25) is 0 Å². The standard InChI is InChI=1S/C13H14N2O2S/c1-8(16)12-5-10(14)3-4-13(12)17-6-11-7-18-9(2)15-11/h3-5,7H,6,14H2,1-2H3. The van der Waals surface area contributed by atoms with Crippen molar-refractivity contribution in [3.8, 4) is 5.75 Å². The van der Waals surface area contributed by atoms with E-state index in [9.17, 15) is 4.79 Å². The van der Waals surface area contributed by atoms with Gasteiger partial charge in [-0.15, -0.1) is 11.3 Å². The predicted molar refractivity (Wildman–Crippen MR) is 72.0 cm³/mol. The number of hydrogen-bond donors (Lipinski definition) is 1. The molecule has 5 heteroatoms. The van der Waals surface area contributed by atoms with Gasteiger partial charge in [-0.1, -0.05) is 0 Å². The smallest absolute Gasteiger partial charge is 0.163 e. The highest BCUT2D eigenvalue weighted by Crippen LogP contribution is 2.23. The number of aromatic nitrogens is 1. The summed E-state index contributed by atoms with van der Waals surface area (Å²) in [5, 5.41) is 2.94. The molecule has 0 aliphatic carbocycles. The molecule has 0 radical (unpaired) electrons. The Morgan fingerprint density at radius 1 is 1.50 bits per heavy atom. The van der Waals surface area contributed by atoms with E-state index in [1.165, 1.54) is 6.92 Å². The van der Waals surface area contributed by atoms with Gasteiger partial charge in [-0.2, -0.15) is 0 Å². The third-order valence-electron chi connectivity index (χ3n) is 2.43. The molecular formula is C13H14N2O2S. The average molecular weight is 262 g/mol. The van der Waals surface area contributed by atoms with E-state index >= 15 is 0 Å². The predicted octanol–water partition coefficient (Wildman–Crippen LogP) is 2.82. The van der Waals surface area contributed by atoms with Crippen LogP contribution >= 0.6 is 11.3 Å². The second-order valence-electron chi connectivity index (χ2n) is 3.96.